The molecule has 1 aromatic carbocycles. The number of para-hydroxylation sites is 2. The predicted octanol–water partition coefficient (Wildman–Crippen LogP) is 2.55. The fourth-order valence-corrected chi connectivity index (χ4v) is 3.12. The third-order valence-electron chi connectivity index (χ3n) is 4.40. The summed E-state index contributed by atoms with van der Waals surface area (Å²) in [7, 11) is 1.73. The van der Waals surface area contributed by atoms with E-state index in [9.17, 15) is 8.78 Å². The summed E-state index contributed by atoms with van der Waals surface area (Å²) in [5.41, 5.74) is 0.685. The minimum absolute atomic E-state index is 0. The van der Waals surface area contributed by atoms with E-state index < -0.39 is 6.61 Å². The van der Waals surface area contributed by atoms with Gasteiger partial charge in [0.2, 0.25) is 0 Å². The fraction of sp³-hybridized carbons (Fsp3) is 0.444. The standard InChI is InChI=1S/C18H24F2N6O.HI/c1-21-18(23-8-11-25-10-7-22-13-25)24-14-6-9-26(12-14)15-4-2-3-5-16(15)27-17(19)20;/h2-5,7,10,13-14,17H,6,8-9,11-12H2,1H3,(H2,21,23,24);1H. The summed E-state index contributed by atoms with van der Waals surface area (Å²) in [4.78, 5) is 10.3. The average Bonchev–Trinajstić information content (AvgIpc) is 3.33. The first-order chi connectivity index (χ1) is 13.2. The fourth-order valence-electron chi connectivity index (χ4n) is 3.12. The number of aromatic nitrogens is 2. The summed E-state index contributed by atoms with van der Waals surface area (Å²) < 4.78 is 31.9. The normalized spacial score (nSPS) is 16.8. The predicted molar refractivity (Wildman–Crippen MR) is 116 cm³/mol. The van der Waals surface area contributed by atoms with E-state index >= 15 is 0 Å². The molecule has 0 radical (unpaired) electrons. The molecular weight excluding hydrogens is 481 g/mol. The largest absolute Gasteiger partial charge is 0.433 e. The lowest BCUT2D eigenvalue weighted by Crippen LogP contribution is -2.45. The van der Waals surface area contributed by atoms with Crippen LogP contribution in [0.25, 0.3) is 0 Å². The van der Waals surface area contributed by atoms with Gasteiger partial charge in [-0.2, -0.15) is 8.78 Å². The van der Waals surface area contributed by atoms with E-state index in [0.29, 0.717) is 12.2 Å². The number of rotatable bonds is 7. The lowest BCUT2D eigenvalue weighted by Gasteiger charge is -2.22. The number of anilines is 1. The van der Waals surface area contributed by atoms with Gasteiger partial charge in [0.25, 0.3) is 0 Å². The van der Waals surface area contributed by atoms with Crippen LogP contribution in [-0.2, 0) is 6.54 Å². The monoisotopic (exact) mass is 506 g/mol. The molecule has 10 heteroatoms. The Labute approximate surface area is 180 Å². The van der Waals surface area contributed by atoms with E-state index in [1.165, 1.54) is 0 Å². The van der Waals surface area contributed by atoms with Gasteiger partial charge >= 0.3 is 6.61 Å². The van der Waals surface area contributed by atoms with Gasteiger partial charge in [-0.3, -0.25) is 4.99 Å². The smallest absolute Gasteiger partial charge is 0.387 e. The molecule has 0 aliphatic carbocycles. The maximum atomic E-state index is 12.6. The van der Waals surface area contributed by atoms with E-state index in [1.54, 1.807) is 37.8 Å². The highest BCUT2D eigenvalue weighted by molar-refractivity contribution is 14.0. The van der Waals surface area contributed by atoms with Gasteiger partial charge in [0.05, 0.1) is 12.0 Å². The molecule has 2 aromatic rings. The van der Waals surface area contributed by atoms with Crippen LogP contribution in [0.3, 0.4) is 0 Å². The Morgan fingerprint density at radius 1 is 1.39 bits per heavy atom. The van der Waals surface area contributed by atoms with Crippen molar-refractivity contribution in [2.75, 3.05) is 31.6 Å². The molecular formula is C18H25F2IN6O. The molecule has 2 heterocycles. The van der Waals surface area contributed by atoms with Crippen LogP contribution in [-0.4, -0.2) is 54.8 Å². The third-order valence-corrected chi connectivity index (χ3v) is 4.40. The molecule has 28 heavy (non-hydrogen) atoms. The van der Waals surface area contributed by atoms with Crippen molar-refractivity contribution in [3.05, 3.63) is 43.0 Å². The first kappa shape index (κ1) is 22.2. The van der Waals surface area contributed by atoms with Crippen LogP contribution in [0, 0.1) is 0 Å². The number of benzene rings is 1. The second-order valence-electron chi connectivity index (χ2n) is 6.22. The van der Waals surface area contributed by atoms with Crippen LogP contribution in [0.2, 0.25) is 0 Å². The first-order valence-electron chi connectivity index (χ1n) is 8.87. The van der Waals surface area contributed by atoms with Crippen molar-refractivity contribution in [3.8, 4) is 5.75 Å². The Balaban J connectivity index is 0.00000280. The van der Waals surface area contributed by atoms with Gasteiger partial charge in [0.15, 0.2) is 5.96 Å². The molecule has 0 bridgehead atoms. The Bertz CT molecular complexity index is 743. The second-order valence-corrected chi connectivity index (χ2v) is 6.22. The van der Waals surface area contributed by atoms with Gasteiger partial charge in [-0.15, -0.1) is 24.0 Å². The van der Waals surface area contributed by atoms with Crippen LogP contribution in [0.4, 0.5) is 14.5 Å². The molecule has 3 rings (SSSR count). The van der Waals surface area contributed by atoms with Crippen molar-refractivity contribution < 1.29 is 13.5 Å². The van der Waals surface area contributed by atoms with Gasteiger partial charge in [0, 0.05) is 51.7 Å². The molecule has 0 spiro atoms. The number of nitrogens with zero attached hydrogens (tertiary/aromatic N) is 4. The van der Waals surface area contributed by atoms with Gasteiger partial charge in [-0.1, -0.05) is 12.1 Å². The van der Waals surface area contributed by atoms with E-state index in [4.69, 9.17) is 0 Å². The van der Waals surface area contributed by atoms with E-state index in [2.05, 4.69) is 25.3 Å². The molecule has 1 fully saturated rings. The zero-order valence-electron chi connectivity index (χ0n) is 15.6. The summed E-state index contributed by atoms with van der Waals surface area (Å²) in [6.07, 6.45) is 6.30. The maximum absolute atomic E-state index is 12.6. The van der Waals surface area contributed by atoms with E-state index in [1.807, 2.05) is 21.7 Å². The Morgan fingerprint density at radius 3 is 2.93 bits per heavy atom. The zero-order chi connectivity index (χ0) is 19.1. The minimum Gasteiger partial charge on any atom is -0.433 e. The number of aliphatic imine (C=N–C) groups is 1. The molecule has 1 saturated heterocycles. The van der Waals surface area contributed by atoms with Crippen molar-refractivity contribution in [1.29, 1.82) is 0 Å². The SMILES string of the molecule is CN=C(NCCn1ccnc1)NC1CCN(c2ccccc2OC(F)F)C1.I. The number of ether oxygens (including phenoxy) is 1. The average molecular weight is 506 g/mol. The van der Waals surface area contributed by atoms with E-state index in [0.717, 1.165) is 32.0 Å². The first-order valence-corrected chi connectivity index (χ1v) is 8.87. The van der Waals surface area contributed by atoms with Crippen molar-refractivity contribution in [2.45, 2.75) is 25.6 Å². The Morgan fingerprint density at radius 2 is 2.21 bits per heavy atom. The lowest BCUT2D eigenvalue weighted by molar-refractivity contribution is -0.0495. The number of hydrogen-bond donors (Lipinski definition) is 2. The number of nitrogens with one attached hydrogen (secondary N) is 2. The van der Waals surface area contributed by atoms with Gasteiger partial charge < -0.3 is 24.8 Å². The number of halogens is 3. The molecule has 1 unspecified atom stereocenters. The Hall–Kier alpha value is -2.11. The van der Waals surface area contributed by atoms with E-state index in [-0.39, 0.29) is 35.8 Å². The number of alkyl halides is 2. The van der Waals surface area contributed by atoms with Gasteiger partial charge in [-0.05, 0) is 18.6 Å². The summed E-state index contributed by atoms with van der Waals surface area (Å²) in [6.45, 7) is 0.119. The number of hydrogen-bond acceptors (Lipinski definition) is 4. The van der Waals surface area contributed by atoms with Crippen molar-refractivity contribution >= 4 is 35.6 Å². The van der Waals surface area contributed by atoms with Crippen molar-refractivity contribution in [3.63, 3.8) is 0 Å². The van der Waals surface area contributed by atoms with Crippen LogP contribution in [0.15, 0.2) is 48.0 Å². The number of imidazole rings is 1. The highest BCUT2D eigenvalue weighted by atomic mass is 127. The van der Waals surface area contributed by atoms with Crippen LogP contribution in [0.5, 0.6) is 5.75 Å². The van der Waals surface area contributed by atoms with Crippen molar-refractivity contribution in [2.24, 2.45) is 4.99 Å². The minimum atomic E-state index is -2.83. The summed E-state index contributed by atoms with van der Waals surface area (Å²) in [5.74, 6) is 0.926. The summed E-state index contributed by atoms with van der Waals surface area (Å²) in [5, 5.41) is 6.66. The third kappa shape index (κ3) is 6.21. The van der Waals surface area contributed by atoms with Crippen LogP contribution < -0.4 is 20.3 Å². The van der Waals surface area contributed by atoms with Crippen molar-refractivity contribution in [1.82, 2.24) is 20.2 Å². The molecule has 0 amide bonds. The summed E-state index contributed by atoms with van der Waals surface area (Å²) in [6, 6.07) is 7.06. The zero-order valence-corrected chi connectivity index (χ0v) is 17.9. The van der Waals surface area contributed by atoms with Crippen LogP contribution >= 0.6 is 24.0 Å². The molecule has 154 valence electrons. The quantitative estimate of drug-likeness (QED) is 0.344. The molecule has 0 saturated carbocycles. The number of guanidine groups is 1. The molecule has 1 aliphatic heterocycles. The molecule has 1 aliphatic rings. The molecule has 7 nitrogen and oxygen atoms in total. The maximum Gasteiger partial charge on any atom is 0.387 e. The highest BCUT2D eigenvalue weighted by Crippen LogP contribution is 2.31. The van der Waals surface area contributed by atoms with Gasteiger partial charge in [-0.25, -0.2) is 4.98 Å². The summed E-state index contributed by atoms with van der Waals surface area (Å²) >= 11 is 0. The molecule has 1 aromatic heterocycles. The topological polar surface area (TPSA) is 66.7 Å². The second kappa shape index (κ2) is 11.0. The lowest BCUT2D eigenvalue weighted by atomic mass is 10.2. The van der Waals surface area contributed by atoms with Gasteiger partial charge in [0.1, 0.15) is 5.75 Å². The highest BCUT2D eigenvalue weighted by Gasteiger charge is 2.25. The molecule has 2 N–H and O–H groups in total. The molecule has 1 atom stereocenters. The van der Waals surface area contributed by atoms with Crippen LogP contribution in [0.1, 0.15) is 6.42 Å². The Kier molecular flexibility index (Phi) is 8.74.